The first-order valence-electron chi connectivity index (χ1n) is 9.39. The molecule has 2 aromatic rings. The van der Waals surface area contributed by atoms with Gasteiger partial charge in [-0.05, 0) is 49.2 Å². The van der Waals surface area contributed by atoms with E-state index in [4.69, 9.17) is 9.47 Å². The summed E-state index contributed by atoms with van der Waals surface area (Å²) in [6.45, 7) is 0.844. The number of anilines is 1. The smallest absolute Gasteiger partial charge is 0.414 e. The standard InChI is InChI=1S/C20H20Br2N2O5S/c1-28-18-5-3-15(22)11-19(18)30(26,27)23-8-6-16(7-9-23)24-17-4-2-14(21)10-13(17)12-29-20(24)25/h2-5,10-11,16H,6-9,12H2,1H3. The highest BCUT2D eigenvalue weighted by Crippen LogP contribution is 2.36. The maximum Gasteiger partial charge on any atom is 0.414 e. The lowest BCUT2D eigenvalue weighted by Gasteiger charge is -2.39. The van der Waals surface area contributed by atoms with E-state index in [1.54, 1.807) is 23.1 Å². The third-order valence-electron chi connectivity index (χ3n) is 5.38. The molecule has 0 bridgehead atoms. The van der Waals surface area contributed by atoms with Crippen LogP contribution in [0.15, 0.2) is 50.2 Å². The summed E-state index contributed by atoms with van der Waals surface area (Å²) in [5, 5.41) is 0. The first-order valence-corrected chi connectivity index (χ1v) is 12.4. The quantitative estimate of drug-likeness (QED) is 0.550. The minimum atomic E-state index is -3.72. The molecule has 1 saturated heterocycles. The molecule has 1 amide bonds. The van der Waals surface area contributed by atoms with E-state index in [0.717, 1.165) is 15.7 Å². The lowest BCUT2D eigenvalue weighted by molar-refractivity contribution is 0.135. The van der Waals surface area contributed by atoms with E-state index in [1.807, 2.05) is 18.2 Å². The molecule has 160 valence electrons. The maximum atomic E-state index is 13.2. The summed E-state index contributed by atoms with van der Waals surface area (Å²) in [5.74, 6) is 0.305. The van der Waals surface area contributed by atoms with Crippen LogP contribution in [-0.2, 0) is 21.4 Å². The van der Waals surface area contributed by atoms with Gasteiger partial charge in [0.25, 0.3) is 0 Å². The summed E-state index contributed by atoms with van der Waals surface area (Å²) in [6.07, 6.45) is 0.639. The largest absolute Gasteiger partial charge is 0.495 e. The molecule has 0 saturated carbocycles. The van der Waals surface area contributed by atoms with Crippen molar-refractivity contribution in [3.8, 4) is 5.75 Å². The third kappa shape index (κ3) is 3.98. The van der Waals surface area contributed by atoms with Gasteiger partial charge >= 0.3 is 6.09 Å². The van der Waals surface area contributed by atoms with Gasteiger partial charge in [-0.1, -0.05) is 31.9 Å². The Morgan fingerprint density at radius 3 is 2.43 bits per heavy atom. The number of carbonyl (C=O) groups is 1. The molecule has 0 spiro atoms. The second kappa shape index (κ2) is 8.49. The Kier molecular flexibility index (Phi) is 6.11. The number of amides is 1. The Morgan fingerprint density at radius 1 is 1.07 bits per heavy atom. The number of cyclic esters (lactones) is 1. The molecule has 2 heterocycles. The summed E-state index contributed by atoms with van der Waals surface area (Å²) in [4.78, 5) is 14.3. The van der Waals surface area contributed by atoms with Gasteiger partial charge < -0.3 is 9.47 Å². The van der Waals surface area contributed by atoms with Crippen LogP contribution in [0.1, 0.15) is 18.4 Å². The summed E-state index contributed by atoms with van der Waals surface area (Å²) in [6, 6.07) is 10.5. The number of ether oxygens (including phenoxy) is 2. The van der Waals surface area contributed by atoms with Crippen LogP contribution < -0.4 is 9.64 Å². The van der Waals surface area contributed by atoms with Gasteiger partial charge in [0.15, 0.2) is 0 Å². The van der Waals surface area contributed by atoms with Crippen LogP contribution in [0.5, 0.6) is 5.75 Å². The number of hydrogen-bond donors (Lipinski definition) is 0. The molecule has 2 aliphatic rings. The molecule has 1 fully saturated rings. The fourth-order valence-corrected chi connectivity index (χ4v) is 6.46. The molecule has 7 nitrogen and oxygen atoms in total. The molecule has 4 rings (SSSR count). The van der Waals surface area contributed by atoms with Crippen molar-refractivity contribution in [2.24, 2.45) is 0 Å². The van der Waals surface area contributed by atoms with Gasteiger partial charge in [0.2, 0.25) is 10.0 Å². The Morgan fingerprint density at radius 2 is 1.73 bits per heavy atom. The highest BCUT2D eigenvalue weighted by Gasteiger charge is 2.37. The molecule has 10 heteroatoms. The van der Waals surface area contributed by atoms with E-state index >= 15 is 0 Å². The fourth-order valence-electron chi connectivity index (χ4n) is 3.89. The van der Waals surface area contributed by atoms with Gasteiger partial charge in [0, 0.05) is 33.6 Å². The minimum Gasteiger partial charge on any atom is -0.495 e. The molecule has 0 aliphatic carbocycles. The van der Waals surface area contributed by atoms with Crippen molar-refractivity contribution < 1.29 is 22.7 Å². The van der Waals surface area contributed by atoms with Crippen LogP contribution in [0, 0.1) is 0 Å². The number of nitrogens with zero attached hydrogens (tertiary/aromatic N) is 2. The van der Waals surface area contributed by atoms with Gasteiger partial charge in [0.05, 0.1) is 12.8 Å². The molecule has 2 aromatic carbocycles. The number of carbonyl (C=O) groups excluding carboxylic acids is 1. The first kappa shape index (κ1) is 21.6. The predicted molar refractivity (Wildman–Crippen MR) is 119 cm³/mol. The number of methoxy groups -OCH3 is 1. The van der Waals surface area contributed by atoms with Crippen molar-refractivity contribution >= 4 is 53.7 Å². The van der Waals surface area contributed by atoms with Gasteiger partial charge in [-0.2, -0.15) is 4.31 Å². The Bertz CT molecular complexity index is 1080. The number of rotatable bonds is 4. The second-order valence-corrected chi connectivity index (χ2v) is 10.9. The van der Waals surface area contributed by atoms with Crippen LogP contribution in [0.2, 0.25) is 0 Å². The van der Waals surface area contributed by atoms with Gasteiger partial charge in [0.1, 0.15) is 17.3 Å². The zero-order valence-corrected chi connectivity index (χ0v) is 20.2. The summed E-state index contributed by atoms with van der Waals surface area (Å²) in [5.41, 5.74) is 1.75. The molecule has 0 radical (unpaired) electrons. The minimum absolute atomic E-state index is 0.130. The van der Waals surface area contributed by atoms with Crippen LogP contribution in [0.4, 0.5) is 10.5 Å². The van der Waals surface area contributed by atoms with Gasteiger partial charge in [-0.3, -0.25) is 4.90 Å². The van der Waals surface area contributed by atoms with Crippen LogP contribution in [-0.4, -0.2) is 45.1 Å². The van der Waals surface area contributed by atoms with Crippen molar-refractivity contribution in [2.75, 3.05) is 25.1 Å². The highest BCUT2D eigenvalue weighted by molar-refractivity contribution is 9.10. The predicted octanol–water partition coefficient (Wildman–Crippen LogP) is 4.53. The van der Waals surface area contributed by atoms with Crippen molar-refractivity contribution in [3.05, 3.63) is 50.9 Å². The van der Waals surface area contributed by atoms with E-state index in [2.05, 4.69) is 31.9 Å². The average Bonchev–Trinajstić information content (AvgIpc) is 2.74. The zero-order chi connectivity index (χ0) is 21.5. The number of hydrogen-bond acceptors (Lipinski definition) is 5. The molecule has 0 N–H and O–H groups in total. The maximum absolute atomic E-state index is 13.2. The summed E-state index contributed by atoms with van der Waals surface area (Å²) in [7, 11) is -2.27. The molecule has 30 heavy (non-hydrogen) atoms. The van der Waals surface area contributed by atoms with Crippen LogP contribution in [0.3, 0.4) is 0 Å². The highest BCUT2D eigenvalue weighted by atomic mass is 79.9. The van der Waals surface area contributed by atoms with Crippen molar-refractivity contribution in [2.45, 2.75) is 30.4 Å². The normalized spacial score (nSPS) is 18.1. The number of benzene rings is 2. The zero-order valence-electron chi connectivity index (χ0n) is 16.2. The topological polar surface area (TPSA) is 76.2 Å². The van der Waals surface area contributed by atoms with E-state index in [9.17, 15) is 13.2 Å². The Balaban J connectivity index is 1.55. The molecule has 0 unspecified atom stereocenters. The molecule has 2 aliphatic heterocycles. The number of halogens is 2. The Hall–Kier alpha value is -1.62. The number of fused-ring (bicyclic) bond motifs is 1. The molecule has 0 aromatic heterocycles. The van der Waals surface area contributed by atoms with Crippen molar-refractivity contribution in [1.82, 2.24) is 4.31 Å². The number of piperidine rings is 1. The summed E-state index contributed by atoms with van der Waals surface area (Å²) < 4.78 is 40.1. The van der Waals surface area contributed by atoms with Gasteiger partial charge in [-0.25, -0.2) is 13.2 Å². The van der Waals surface area contributed by atoms with Crippen molar-refractivity contribution in [1.29, 1.82) is 0 Å². The van der Waals surface area contributed by atoms with Crippen LogP contribution in [0.25, 0.3) is 0 Å². The lowest BCUT2D eigenvalue weighted by Crippen LogP contribution is -2.50. The SMILES string of the molecule is COc1ccc(Br)cc1S(=O)(=O)N1CCC(N2C(=O)OCc3cc(Br)ccc32)CC1. The molecular formula is C20H20Br2N2O5S. The lowest BCUT2D eigenvalue weighted by atomic mass is 10.0. The summed E-state index contributed by atoms with van der Waals surface area (Å²) >= 11 is 6.77. The van der Waals surface area contributed by atoms with E-state index in [1.165, 1.54) is 11.4 Å². The van der Waals surface area contributed by atoms with E-state index in [-0.39, 0.29) is 23.6 Å². The second-order valence-electron chi connectivity index (χ2n) is 7.13. The van der Waals surface area contributed by atoms with E-state index in [0.29, 0.717) is 36.2 Å². The third-order valence-corrected chi connectivity index (χ3v) is 8.29. The van der Waals surface area contributed by atoms with Crippen molar-refractivity contribution in [3.63, 3.8) is 0 Å². The first-order chi connectivity index (χ1) is 14.3. The van der Waals surface area contributed by atoms with Gasteiger partial charge in [-0.15, -0.1) is 0 Å². The molecular weight excluding hydrogens is 540 g/mol. The fraction of sp³-hybridized carbons (Fsp3) is 0.350. The molecule has 0 atom stereocenters. The Labute approximate surface area is 192 Å². The van der Waals surface area contributed by atoms with E-state index < -0.39 is 10.0 Å². The van der Waals surface area contributed by atoms with Crippen LogP contribution >= 0.6 is 31.9 Å². The average molecular weight is 560 g/mol. The number of sulfonamides is 1. The monoisotopic (exact) mass is 558 g/mol.